The molecule has 1 amide bonds. The molecular formula is C12H20ClN3O3S2. The Morgan fingerprint density at radius 2 is 2.19 bits per heavy atom. The van der Waals surface area contributed by atoms with Gasteiger partial charge in [0.05, 0.1) is 18.8 Å². The number of amides is 1. The Morgan fingerprint density at radius 1 is 1.52 bits per heavy atom. The maximum Gasteiger partial charge on any atom is 0.350 e. The van der Waals surface area contributed by atoms with Gasteiger partial charge in [0.25, 0.3) is 0 Å². The van der Waals surface area contributed by atoms with Crippen LogP contribution in [0.5, 0.6) is 0 Å². The van der Waals surface area contributed by atoms with Crippen molar-refractivity contribution < 1.29 is 14.3 Å². The van der Waals surface area contributed by atoms with Gasteiger partial charge in [0.15, 0.2) is 5.13 Å². The lowest BCUT2D eigenvalue weighted by Crippen LogP contribution is -2.36. The molecule has 0 spiro atoms. The zero-order valence-electron chi connectivity index (χ0n) is 12.2. The van der Waals surface area contributed by atoms with E-state index in [9.17, 15) is 9.59 Å². The minimum absolute atomic E-state index is 0. The van der Waals surface area contributed by atoms with Crippen LogP contribution >= 0.6 is 35.5 Å². The first-order chi connectivity index (χ1) is 9.53. The van der Waals surface area contributed by atoms with Gasteiger partial charge in [-0.1, -0.05) is 18.3 Å². The van der Waals surface area contributed by atoms with E-state index in [0.29, 0.717) is 28.5 Å². The van der Waals surface area contributed by atoms with Crippen LogP contribution in [0.3, 0.4) is 0 Å². The van der Waals surface area contributed by atoms with Crippen molar-refractivity contribution in [1.29, 1.82) is 0 Å². The van der Waals surface area contributed by atoms with Crippen LogP contribution in [0.4, 0.5) is 5.13 Å². The third kappa shape index (κ3) is 5.82. The van der Waals surface area contributed by atoms with E-state index in [1.807, 2.05) is 13.2 Å². The predicted octanol–water partition coefficient (Wildman–Crippen LogP) is 1.93. The van der Waals surface area contributed by atoms with Gasteiger partial charge in [-0.15, -0.1) is 12.4 Å². The SMILES string of the molecule is CCc1nc(NC(=O)C(N)CCSC)sc1C(=O)OC.Cl. The summed E-state index contributed by atoms with van der Waals surface area (Å²) in [5, 5.41) is 3.03. The number of rotatable bonds is 7. The van der Waals surface area contributed by atoms with Crippen molar-refractivity contribution in [2.75, 3.05) is 24.4 Å². The number of nitrogens with zero attached hydrogens (tertiary/aromatic N) is 1. The predicted molar refractivity (Wildman–Crippen MR) is 89.7 cm³/mol. The highest BCUT2D eigenvalue weighted by atomic mass is 35.5. The Morgan fingerprint density at radius 3 is 2.71 bits per heavy atom. The number of hydrogen-bond acceptors (Lipinski definition) is 7. The molecule has 0 saturated carbocycles. The molecule has 0 fully saturated rings. The van der Waals surface area contributed by atoms with Gasteiger partial charge in [-0.25, -0.2) is 9.78 Å². The summed E-state index contributed by atoms with van der Waals surface area (Å²) >= 11 is 2.74. The number of esters is 1. The first-order valence-corrected chi connectivity index (χ1v) is 8.37. The number of nitrogens with two attached hydrogens (primary N) is 1. The zero-order chi connectivity index (χ0) is 15.1. The molecule has 0 aliphatic rings. The fraction of sp³-hybridized carbons (Fsp3) is 0.583. The number of thiazole rings is 1. The largest absolute Gasteiger partial charge is 0.465 e. The number of nitrogens with one attached hydrogen (secondary N) is 1. The molecule has 9 heteroatoms. The van der Waals surface area contributed by atoms with Gasteiger partial charge in [0.1, 0.15) is 4.88 Å². The first kappa shape index (κ1) is 20.2. The molecule has 21 heavy (non-hydrogen) atoms. The van der Waals surface area contributed by atoms with E-state index in [0.717, 1.165) is 17.1 Å². The van der Waals surface area contributed by atoms with Crippen molar-refractivity contribution in [1.82, 2.24) is 4.98 Å². The molecule has 1 heterocycles. The second kappa shape index (κ2) is 9.99. The molecule has 120 valence electrons. The maximum atomic E-state index is 11.9. The van der Waals surface area contributed by atoms with Crippen molar-refractivity contribution in [3.05, 3.63) is 10.6 Å². The quantitative estimate of drug-likeness (QED) is 0.727. The van der Waals surface area contributed by atoms with Crippen molar-refractivity contribution >= 4 is 52.5 Å². The van der Waals surface area contributed by atoms with E-state index in [2.05, 4.69) is 15.0 Å². The van der Waals surface area contributed by atoms with Crippen LogP contribution in [0.25, 0.3) is 0 Å². The van der Waals surface area contributed by atoms with Gasteiger partial charge >= 0.3 is 5.97 Å². The fourth-order valence-electron chi connectivity index (χ4n) is 1.47. The number of methoxy groups -OCH3 is 1. The van der Waals surface area contributed by atoms with E-state index in [1.165, 1.54) is 7.11 Å². The molecular weight excluding hydrogens is 334 g/mol. The number of aryl methyl sites for hydroxylation is 1. The highest BCUT2D eigenvalue weighted by molar-refractivity contribution is 7.98. The lowest BCUT2D eigenvalue weighted by Gasteiger charge is -2.09. The normalized spacial score (nSPS) is 11.4. The van der Waals surface area contributed by atoms with E-state index < -0.39 is 12.0 Å². The Balaban J connectivity index is 0.00000400. The first-order valence-electron chi connectivity index (χ1n) is 6.16. The van der Waals surface area contributed by atoms with Gasteiger partial charge in [0, 0.05) is 0 Å². The van der Waals surface area contributed by atoms with Crippen molar-refractivity contribution in [2.24, 2.45) is 5.73 Å². The monoisotopic (exact) mass is 353 g/mol. The van der Waals surface area contributed by atoms with Crippen LogP contribution in [0, 0.1) is 0 Å². The Kier molecular flexibility index (Phi) is 9.60. The van der Waals surface area contributed by atoms with Crippen LogP contribution in [0.1, 0.15) is 28.7 Å². The fourth-order valence-corrected chi connectivity index (χ4v) is 2.94. The molecule has 1 aromatic rings. The van der Waals surface area contributed by atoms with E-state index in [1.54, 1.807) is 11.8 Å². The summed E-state index contributed by atoms with van der Waals surface area (Å²) in [7, 11) is 1.32. The minimum atomic E-state index is -0.571. The van der Waals surface area contributed by atoms with Crippen molar-refractivity contribution in [3.8, 4) is 0 Å². The summed E-state index contributed by atoms with van der Waals surface area (Å²) in [4.78, 5) is 28.1. The number of thioether (sulfide) groups is 1. The van der Waals surface area contributed by atoms with Crippen LogP contribution in [-0.4, -0.2) is 42.0 Å². The number of carbonyl (C=O) groups excluding carboxylic acids is 2. The topological polar surface area (TPSA) is 94.3 Å². The smallest absolute Gasteiger partial charge is 0.350 e. The Bertz CT molecular complexity index is 482. The Labute approximate surface area is 138 Å². The standard InChI is InChI=1S/C12H19N3O3S2.ClH/c1-4-8-9(11(17)18-2)20-12(14-8)15-10(16)7(13)5-6-19-3;/h7H,4-6,13H2,1-3H3,(H,14,15,16);1H. The molecule has 1 rings (SSSR count). The second-order valence-electron chi connectivity index (χ2n) is 4.02. The van der Waals surface area contributed by atoms with Crippen LogP contribution in [0.2, 0.25) is 0 Å². The summed E-state index contributed by atoms with van der Waals surface area (Å²) in [6.07, 6.45) is 3.15. The highest BCUT2D eigenvalue weighted by Gasteiger charge is 2.20. The third-order valence-electron chi connectivity index (χ3n) is 2.60. The van der Waals surface area contributed by atoms with Crippen molar-refractivity contribution in [3.63, 3.8) is 0 Å². The van der Waals surface area contributed by atoms with Crippen LogP contribution in [0.15, 0.2) is 0 Å². The summed E-state index contributed by atoms with van der Waals surface area (Å²) in [5.74, 6) is 0.0958. The average molecular weight is 354 g/mol. The molecule has 0 aliphatic heterocycles. The molecule has 0 radical (unpaired) electrons. The highest BCUT2D eigenvalue weighted by Crippen LogP contribution is 2.24. The lowest BCUT2D eigenvalue weighted by molar-refractivity contribution is -0.117. The van der Waals surface area contributed by atoms with Gasteiger partial charge in [-0.3, -0.25) is 4.79 Å². The number of hydrogen-bond donors (Lipinski definition) is 2. The van der Waals surface area contributed by atoms with Gasteiger partial charge < -0.3 is 15.8 Å². The van der Waals surface area contributed by atoms with Crippen molar-refractivity contribution in [2.45, 2.75) is 25.8 Å². The second-order valence-corrected chi connectivity index (χ2v) is 6.00. The molecule has 1 atom stereocenters. The third-order valence-corrected chi connectivity index (χ3v) is 4.24. The van der Waals surface area contributed by atoms with E-state index in [4.69, 9.17) is 5.73 Å². The molecule has 1 unspecified atom stereocenters. The molecule has 0 aliphatic carbocycles. The number of ether oxygens (including phenoxy) is 1. The van der Waals surface area contributed by atoms with Crippen LogP contribution < -0.4 is 11.1 Å². The number of halogens is 1. The number of carbonyl (C=O) groups is 2. The minimum Gasteiger partial charge on any atom is -0.465 e. The van der Waals surface area contributed by atoms with Crippen LogP contribution in [-0.2, 0) is 16.0 Å². The number of aromatic nitrogens is 1. The van der Waals surface area contributed by atoms with E-state index in [-0.39, 0.29) is 18.3 Å². The Hall–Kier alpha value is -0.830. The van der Waals surface area contributed by atoms with Gasteiger partial charge in [-0.05, 0) is 24.9 Å². The summed E-state index contributed by atoms with van der Waals surface area (Å²) in [6.45, 7) is 1.89. The molecule has 3 N–H and O–H groups in total. The lowest BCUT2D eigenvalue weighted by atomic mass is 10.2. The van der Waals surface area contributed by atoms with Gasteiger partial charge in [0.2, 0.25) is 5.91 Å². The summed E-state index contributed by atoms with van der Waals surface area (Å²) < 4.78 is 4.69. The molecule has 1 aromatic heterocycles. The average Bonchev–Trinajstić information content (AvgIpc) is 2.86. The summed E-state index contributed by atoms with van der Waals surface area (Å²) in [6, 6.07) is -0.571. The molecule has 0 aromatic carbocycles. The maximum absolute atomic E-state index is 11.9. The molecule has 6 nitrogen and oxygen atoms in total. The molecule has 0 bridgehead atoms. The summed E-state index contributed by atoms with van der Waals surface area (Å²) in [5.41, 5.74) is 6.39. The van der Waals surface area contributed by atoms with E-state index >= 15 is 0 Å². The zero-order valence-corrected chi connectivity index (χ0v) is 14.6. The van der Waals surface area contributed by atoms with Gasteiger partial charge in [-0.2, -0.15) is 11.8 Å². The number of anilines is 1. The molecule has 0 saturated heterocycles.